The van der Waals surface area contributed by atoms with Crippen molar-refractivity contribution >= 4 is 13.7 Å². The number of hydrogen-bond acceptors (Lipinski definition) is 4. The highest BCUT2D eigenvalue weighted by Crippen LogP contribution is 2.35. The summed E-state index contributed by atoms with van der Waals surface area (Å²) in [6, 6.07) is 6.81. The van der Waals surface area contributed by atoms with Crippen LogP contribution in [0.15, 0.2) is 36.4 Å². The Bertz CT molecular complexity index is 762. The number of hydrogen-bond donors (Lipinski definition) is 3. The molecule has 0 saturated carbocycles. The summed E-state index contributed by atoms with van der Waals surface area (Å²) >= 11 is 0. The first-order chi connectivity index (χ1) is 17.3. The molecule has 0 heterocycles. The summed E-state index contributed by atoms with van der Waals surface area (Å²) < 4.78 is 20.9. The maximum Gasteiger partial charge on any atom is 0.469 e. The Labute approximate surface area is 218 Å². The quantitative estimate of drug-likeness (QED) is 0.0867. The zero-order chi connectivity index (χ0) is 26.5. The first-order valence-electron chi connectivity index (χ1n) is 13.6. The molecule has 1 aromatic carbocycles. The van der Waals surface area contributed by atoms with Gasteiger partial charge in [-0.25, -0.2) is 4.57 Å². The highest BCUT2D eigenvalue weighted by Gasteiger charge is 2.20. The first-order valence-corrected chi connectivity index (χ1v) is 15.1. The molecule has 0 fully saturated rings. The predicted molar refractivity (Wildman–Crippen MR) is 146 cm³/mol. The maximum atomic E-state index is 12.4. The van der Waals surface area contributed by atoms with Gasteiger partial charge in [0.05, 0.1) is 19.8 Å². The normalized spacial score (nSPS) is 12.7. The zero-order valence-electron chi connectivity index (χ0n) is 22.3. The van der Waals surface area contributed by atoms with Crippen LogP contribution in [-0.2, 0) is 20.3 Å². The largest absolute Gasteiger partial charge is 0.497 e. The summed E-state index contributed by atoms with van der Waals surface area (Å²) in [5.41, 5.74) is 0.913. The Hall–Kier alpha value is -1.66. The summed E-state index contributed by atoms with van der Waals surface area (Å²) in [4.78, 5) is 30.5. The summed E-state index contributed by atoms with van der Waals surface area (Å²) in [5.74, 6) is 0.593. The SMILES string of the molecule is CCCCCCCC/C=C\CCCCCCCC(=O)N[C@@H](COP(=O)(O)O)Cc1ccc(OC)cc1. The minimum Gasteiger partial charge on any atom is -0.497 e. The van der Waals surface area contributed by atoms with Crippen LogP contribution in [0.3, 0.4) is 0 Å². The maximum absolute atomic E-state index is 12.4. The van der Waals surface area contributed by atoms with Gasteiger partial charge in [0, 0.05) is 6.42 Å². The number of nitrogens with one attached hydrogen (secondary N) is 1. The van der Waals surface area contributed by atoms with Crippen molar-refractivity contribution in [2.24, 2.45) is 0 Å². The van der Waals surface area contributed by atoms with Crippen LogP contribution in [0, 0.1) is 0 Å². The van der Waals surface area contributed by atoms with E-state index in [4.69, 9.17) is 14.5 Å². The Balaban J connectivity index is 2.19. The van der Waals surface area contributed by atoms with Gasteiger partial charge in [0.15, 0.2) is 0 Å². The minimum atomic E-state index is -4.61. The lowest BCUT2D eigenvalue weighted by Crippen LogP contribution is -2.39. The molecule has 7 nitrogen and oxygen atoms in total. The van der Waals surface area contributed by atoms with Crippen molar-refractivity contribution in [2.75, 3.05) is 13.7 Å². The molecule has 1 rings (SSSR count). The van der Waals surface area contributed by atoms with Crippen molar-refractivity contribution in [3.63, 3.8) is 0 Å². The number of carbonyl (C=O) groups excluding carboxylic acids is 1. The van der Waals surface area contributed by atoms with Gasteiger partial charge >= 0.3 is 7.82 Å². The fourth-order valence-corrected chi connectivity index (χ4v) is 4.42. The van der Waals surface area contributed by atoms with E-state index >= 15 is 0 Å². The van der Waals surface area contributed by atoms with E-state index in [1.54, 1.807) is 7.11 Å². The molecule has 0 spiro atoms. The van der Waals surface area contributed by atoms with Crippen LogP contribution < -0.4 is 10.1 Å². The number of carbonyl (C=O) groups is 1. The number of benzene rings is 1. The van der Waals surface area contributed by atoms with Crippen LogP contribution in [0.25, 0.3) is 0 Å². The zero-order valence-corrected chi connectivity index (χ0v) is 23.2. The second kappa shape index (κ2) is 20.4. The van der Waals surface area contributed by atoms with Gasteiger partial charge in [-0.2, -0.15) is 0 Å². The highest BCUT2D eigenvalue weighted by molar-refractivity contribution is 7.46. The second-order valence-corrected chi connectivity index (χ2v) is 10.7. The fraction of sp³-hybridized carbons (Fsp3) is 0.679. The molecule has 0 radical (unpaired) electrons. The van der Waals surface area contributed by atoms with E-state index in [2.05, 4.69) is 28.9 Å². The first kappa shape index (κ1) is 32.4. The number of methoxy groups -OCH3 is 1. The Morgan fingerprint density at radius 1 is 0.917 bits per heavy atom. The molecule has 36 heavy (non-hydrogen) atoms. The lowest BCUT2D eigenvalue weighted by atomic mass is 10.1. The second-order valence-electron chi connectivity index (χ2n) is 9.44. The van der Waals surface area contributed by atoms with Gasteiger partial charge in [-0.15, -0.1) is 0 Å². The smallest absolute Gasteiger partial charge is 0.469 e. The van der Waals surface area contributed by atoms with Crippen LogP contribution in [-0.4, -0.2) is 35.5 Å². The number of ether oxygens (including phenoxy) is 1. The summed E-state index contributed by atoms with van der Waals surface area (Å²) in [6.45, 7) is 1.99. The van der Waals surface area contributed by atoms with Crippen molar-refractivity contribution < 1.29 is 28.4 Å². The van der Waals surface area contributed by atoms with Gasteiger partial charge in [0.1, 0.15) is 5.75 Å². The highest BCUT2D eigenvalue weighted by atomic mass is 31.2. The molecule has 0 bridgehead atoms. The van der Waals surface area contributed by atoms with Gasteiger partial charge in [-0.3, -0.25) is 9.32 Å². The average molecular weight is 526 g/mol. The number of phosphoric ester groups is 1. The van der Waals surface area contributed by atoms with E-state index < -0.39 is 13.9 Å². The number of amides is 1. The lowest BCUT2D eigenvalue weighted by molar-refractivity contribution is -0.122. The Morgan fingerprint density at radius 2 is 1.47 bits per heavy atom. The van der Waals surface area contributed by atoms with Gasteiger partial charge in [0.25, 0.3) is 0 Å². The molecule has 0 aromatic heterocycles. The summed E-state index contributed by atoms with van der Waals surface area (Å²) in [5, 5.41) is 2.87. The molecule has 0 aliphatic carbocycles. The number of allylic oxidation sites excluding steroid dienone is 2. The van der Waals surface area contributed by atoms with Crippen molar-refractivity contribution in [1.82, 2.24) is 5.32 Å². The van der Waals surface area contributed by atoms with Crippen molar-refractivity contribution in [3.8, 4) is 5.75 Å². The third-order valence-corrected chi connectivity index (χ3v) is 6.60. The predicted octanol–water partition coefficient (Wildman–Crippen LogP) is 6.87. The van der Waals surface area contributed by atoms with Crippen LogP contribution >= 0.6 is 7.82 Å². The summed E-state index contributed by atoms with van der Waals surface area (Å²) in [6.07, 6.45) is 21.1. The van der Waals surface area contributed by atoms with E-state index in [9.17, 15) is 9.36 Å². The molecule has 206 valence electrons. The van der Waals surface area contributed by atoms with Crippen LogP contribution in [0.2, 0.25) is 0 Å². The van der Waals surface area contributed by atoms with Gasteiger partial charge in [0.2, 0.25) is 5.91 Å². The van der Waals surface area contributed by atoms with E-state index in [0.717, 1.165) is 37.0 Å². The topological polar surface area (TPSA) is 105 Å². The molecular formula is C28H48NO6P. The number of phosphoric acid groups is 1. The number of unbranched alkanes of at least 4 members (excludes halogenated alkanes) is 11. The molecule has 1 aromatic rings. The Morgan fingerprint density at radius 3 is 2.03 bits per heavy atom. The molecular weight excluding hydrogens is 477 g/mol. The van der Waals surface area contributed by atoms with Gasteiger partial charge < -0.3 is 19.8 Å². The molecule has 3 N–H and O–H groups in total. The number of rotatable bonds is 22. The molecule has 0 saturated heterocycles. The van der Waals surface area contributed by atoms with Crippen molar-refractivity contribution in [3.05, 3.63) is 42.0 Å². The van der Waals surface area contributed by atoms with Crippen molar-refractivity contribution in [2.45, 2.75) is 109 Å². The van der Waals surface area contributed by atoms with E-state index in [-0.39, 0.29) is 12.5 Å². The van der Waals surface area contributed by atoms with Crippen molar-refractivity contribution in [1.29, 1.82) is 0 Å². The lowest BCUT2D eigenvalue weighted by Gasteiger charge is -2.19. The third-order valence-electron chi connectivity index (χ3n) is 6.12. The van der Waals surface area contributed by atoms with Gasteiger partial charge in [-0.1, -0.05) is 82.6 Å². The van der Waals surface area contributed by atoms with Crippen LogP contribution in [0.5, 0.6) is 5.75 Å². The molecule has 8 heteroatoms. The standard InChI is InChI=1S/C28H48NO6P/c1-3-4-5-6-7-8-9-10-11-12-13-14-15-16-17-18-28(30)29-26(24-35-36(31,32)33)23-25-19-21-27(34-2)22-20-25/h10-11,19-22,26H,3-9,12-18,23-24H2,1-2H3,(H,29,30)(H2,31,32,33)/b11-10-/t26-/m1/s1. The third kappa shape index (κ3) is 18.6. The average Bonchev–Trinajstić information content (AvgIpc) is 2.85. The Kier molecular flexibility index (Phi) is 18.3. The molecule has 0 aliphatic heterocycles. The fourth-order valence-electron chi connectivity index (χ4n) is 4.04. The molecule has 0 unspecified atom stereocenters. The van der Waals surface area contributed by atoms with Gasteiger partial charge in [-0.05, 0) is 56.2 Å². The molecule has 1 amide bonds. The molecule has 0 aliphatic rings. The monoisotopic (exact) mass is 525 g/mol. The minimum absolute atomic E-state index is 0.125. The van der Waals surface area contributed by atoms with Crippen LogP contribution in [0.1, 0.15) is 102 Å². The van der Waals surface area contributed by atoms with Crippen LogP contribution in [0.4, 0.5) is 0 Å². The van der Waals surface area contributed by atoms with E-state index in [1.165, 1.54) is 57.8 Å². The van der Waals surface area contributed by atoms with E-state index in [1.807, 2.05) is 24.3 Å². The molecule has 1 atom stereocenters. The summed E-state index contributed by atoms with van der Waals surface area (Å²) in [7, 11) is -3.03. The van der Waals surface area contributed by atoms with E-state index in [0.29, 0.717) is 12.8 Å².